The van der Waals surface area contributed by atoms with Gasteiger partial charge < -0.3 is 9.84 Å². The summed E-state index contributed by atoms with van der Waals surface area (Å²) in [6, 6.07) is 0. The summed E-state index contributed by atoms with van der Waals surface area (Å²) in [4.78, 5) is 11.6. The molecule has 2 aliphatic carbocycles. The van der Waals surface area contributed by atoms with E-state index in [0.717, 1.165) is 18.4 Å². The lowest BCUT2D eigenvalue weighted by atomic mass is 9.48. The first kappa shape index (κ1) is 20.2. The Kier molecular flexibility index (Phi) is 6.19. The van der Waals surface area contributed by atoms with E-state index in [-0.39, 0.29) is 24.1 Å². The van der Waals surface area contributed by atoms with Crippen molar-refractivity contribution in [3.8, 4) is 0 Å². The first-order chi connectivity index (χ1) is 11.6. The van der Waals surface area contributed by atoms with Gasteiger partial charge in [0.15, 0.2) is 0 Å². The Bertz CT molecular complexity index is 558. The van der Waals surface area contributed by atoms with Gasteiger partial charge in [-0.3, -0.25) is 4.79 Å². The SMILES string of the molecule is CC(=O)O[C@H](C[C@H]1C(C)=CC[C@H]2C(C)(C)CCC[C@]12C)C(C)=CCO. The minimum atomic E-state index is -0.251. The molecule has 3 heteroatoms. The van der Waals surface area contributed by atoms with E-state index in [1.807, 2.05) is 6.92 Å². The molecule has 0 aromatic rings. The molecule has 1 N–H and O–H groups in total. The van der Waals surface area contributed by atoms with E-state index in [0.29, 0.717) is 17.3 Å². The van der Waals surface area contributed by atoms with Crippen molar-refractivity contribution in [2.75, 3.05) is 6.61 Å². The lowest BCUT2D eigenvalue weighted by molar-refractivity contribution is -0.146. The van der Waals surface area contributed by atoms with Crippen LogP contribution in [-0.2, 0) is 9.53 Å². The number of hydrogen-bond acceptors (Lipinski definition) is 3. The van der Waals surface area contributed by atoms with Crippen LogP contribution in [0.1, 0.15) is 73.6 Å². The Hall–Kier alpha value is -1.09. The van der Waals surface area contributed by atoms with E-state index >= 15 is 0 Å². The summed E-state index contributed by atoms with van der Waals surface area (Å²) >= 11 is 0. The number of fused-ring (bicyclic) bond motifs is 1. The topological polar surface area (TPSA) is 46.5 Å². The molecule has 2 rings (SSSR count). The third-order valence-electron chi connectivity index (χ3n) is 6.98. The Labute approximate surface area is 153 Å². The van der Waals surface area contributed by atoms with Gasteiger partial charge in [-0.1, -0.05) is 44.9 Å². The summed E-state index contributed by atoms with van der Waals surface area (Å²) in [7, 11) is 0. The number of carbonyl (C=O) groups excluding carboxylic acids is 1. The second kappa shape index (κ2) is 7.65. The smallest absolute Gasteiger partial charge is 0.303 e. The van der Waals surface area contributed by atoms with Crippen molar-refractivity contribution >= 4 is 5.97 Å². The van der Waals surface area contributed by atoms with E-state index < -0.39 is 0 Å². The second-order valence-corrected chi connectivity index (χ2v) is 9.10. The van der Waals surface area contributed by atoms with Gasteiger partial charge in [0.05, 0.1) is 6.61 Å². The number of allylic oxidation sites excluding steroid dienone is 2. The quantitative estimate of drug-likeness (QED) is 0.559. The fraction of sp³-hybridized carbons (Fsp3) is 0.773. The van der Waals surface area contributed by atoms with Gasteiger partial charge in [0.1, 0.15) is 6.10 Å². The molecule has 0 aliphatic heterocycles. The number of rotatable bonds is 5. The maximum Gasteiger partial charge on any atom is 0.303 e. The van der Waals surface area contributed by atoms with Gasteiger partial charge in [-0.05, 0) is 67.8 Å². The van der Waals surface area contributed by atoms with Crippen LogP contribution < -0.4 is 0 Å². The monoisotopic (exact) mass is 348 g/mol. The summed E-state index contributed by atoms with van der Waals surface area (Å²) in [5.74, 6) is 0.832. The molecule has 0 spiro atoms. The summed E-state index contributed by atoms with van der Waals surface area (Å²) in [5.41, 5.74) is 2.99. The van der Waals surface area contributed by atoms with Crippen molar-refractivity contribution in [2.45, 2.75) is 79.8 Å². The van der Waals surface area contributed by atoms with Gasteiger partial charge >= 0.3 is 5.97 Å². The highest BCUT2D eigenvalue weighted by molar-refractivity contribution is 5.66. The zero-order chi connectivity index (χ0) is 18.8. The minimum Gasteiger partial charge on any atom is -0.458 e. The molecule has 0 amide bonds. The van der Waals surface area contributed by atoms with Gasteiger partial charge in [0.2, 0.25) is 0 Å². The highest BCUT2D eigenvalue weighted by atomic mass is 16.5. The summed E-state index contributed by atoms with van der Waals surface area (Å²) in [6.45, 7) is 12.9. The lowest BCUT2D eigenvalue weighted by Crippen LogP contribution is -2.49. The fourth-order valence-electron chi connectivity index (χ4n) is 5.61. The molecule has 142 valence electrons. The third-order valence-corrected chi connectivity index (χ3v) is 6.98. The first-order valence-corrected chi connectivity index (χ1v) is 9.73. The minimum absolute atomic E-state index is 0.0178. The predicted octanol–water partition coefficient (Wildman–Crippen LogP) is 5.05. The van der Waals surface area contributed by atoms with Gasteiger partial charge in [-0.25, -0.2) is 0 Å². The largest absolute Gasteiger partial charge is 0.458 e. The molecule has 3 nitrogen and oxygen atoms in total. The summed E-state index contributed by atoms with van der Waals surface area (Å²) < 4.78 is 5.65. The molecule has 0 unspecified atom stereocenters. The Morgan fingerprint density at radius 2 is 2.04 bits per heavy atom. The molecule has 0 saturated heterocycles. The molecule has 0 bridgehead atoms. The van der Waals surface area contributed by atoms with Crippen LogP contribution >= 0.6 is 0 Å². The average Bonchev–Trinajstić information content (AvgIpc) is 2.48. The molecule has 0 heterocycles. The highest BCUT2D eigenvalue weighted by Crippen LogP contribution is 2.60. The van der Waals surface area contributed by atoms with E-state index in [1.165, 1.54) is 31.8 Å². The maximum absolute atomic E-state index is 11.6. The predicted molar refractivity (Wildman–Crippen MR) is 102 cm³/mol. The van der Waals surface area contributed by atoms with Gasteiger partial charge in [-0.2, -0.15) is 0 Å². The van der Waals surface area contributed by atoms with Crippen LogP contribution in [0, 0.1) is 22.7 Å². The number of hydrogen-bond donors (Lipinski definition) is 1. The summed E-state index contributed by atoms with van der Waals surface area (Å²) in [5, 5.41) is 9.26. The van der Waals surface area contributed by atoms with Gasteiger partial charge in [0.25, 0.3) is 0 Å². The number of esters is 1. The van der Waals surface area contributed by atoms with Crippen molar-refractivity contribution in [3.05, 3.63) is 23.3 Å². The molecule has 1 saturated carbocycles. The molecular formula is C22H36O3. The zero-order valence-electron chi connectivity index (χ0n) is 16.9. The van der Waals surface area contributed by atoms with Crippen LogP contribution in [0.15, 0.2) is 23.3 Å². The highest BCUT2D eigenvalue weighted by Gasteiger charge is 2.52. The van der Waals surface area contributed by atoms with Crippen LogP contribution in [0.25, 0.3) is 0 Å². The number of carbonyl (C=O) groups is 1. The average molecular weight is 349 g/mol. The second-order valence-electron chi connectivity index (χ2n) is 9.10. The molecule has 4 atom stereocenters. The van der Waals surface area contributed by atoms with Crippen LogP contribution in [0.5, 0.6) is 0 Å². The van der Waals surface area contributed by atoms with Crippen molar-refractivity contribution in [3.63, 3.8) is 0 Å². The number of aliphatic hydroxyl groups is 1. The third kappa shape index (κ3) is 4.19. The number of ether oxygens (including phenoxy) is 1. The van der Waals surface area contributed by atoms with Crippen LogP contribution in [-0.4, -0.2) is 23.8 Å². The molecule has 0 aromatic carbocycles. The fourth-order valence-corrected chi connectivity index (χ4v) is 5.61. The van der Waals surface area contributed by atoms with E-state index in [2.05, 4.69) is 33.8 Å². The zero-order valence-corrected chi connectivity index (χ0v) is 16.9. The number of aliphatic hydroxyl groups excluding tert-OH is 1. The normalized spacial score (nSPS) is 33.2. The molecule has 25 heavy (non-hydrogen) atoms. The van der Waals surface area contributed by atoms with Gasteiger partial charge in [0, 0.05) is 6.92 Å². The van der Waals surface area contributed by atoms with Crippen LogP contribution in [0.4, 0.5) is 0 Å². The van der Waals surface area contributed by atoms with Gasteiger partial charge in [-0.15, -0.1) is 0 Å². The Morgan fingerprint density at radius 3 is 2.64 bits per heavy atom. The van der Waals surface area contributed by atoms with Crippen LogP contribution in [0.3, 0.4) is 0 Å². The summed E-state index contributed by atoms with van der Waals surface area (Å²) in [6.07, 6.45) is 9.71. The van der Waals surface area contributed by atoms with Crippen molar-refractivity contribution in [2.24, 2.45) is 22.7 Å². The van der Waals surface area contributed by atoms with E-state index in [4.69, 9.17) is 4.74 Å². The van der Waals surface area contributed by atoms with Crippen molar-refractivity contribution in [1.82, 2.24) is 0 Å². The maximum atomic E-state index is 11.6. The molecular weight excluding hydrogens is 312 g/mol. The molecule has 0 aromatic heterocycles. The standard InChI is InChI=1S/C22H36O3/c1-15-8-9-20-21(4,5)11-7-12-22(20,6)18(15)14-19(25-17(3)24)16(2)10-13-23/h8,10,18-20,23H,7,9,11-14H2,1-6H3/t18-,19+,20-,22+/m0/s1. The van der Waals surface area contributed by atoms with E-state index in [9.17, 15) is 9.90 Å². The van der Waals surface area contributed by atoms with Crippen LogP contribution in [0.2, 0.25) is 0 Å². The van der Waals surface area contributed by atoms with Crippen molar-refractivity contribution < 1.29 is 14.6 Å². The molecule has 2 aliphatic rings. The molecule has 0 radical (unpaired) electrons. The van der Waals surface area contributed by atoms with E-state index in [1.54, 1.807) is 6.08 Å². The lowest BCUT2D eigenvalue weighted by Gasteiger charge is -2.57. The van der Waals surface area contributed by atoms with Crippen molar-refractivity contribution in [1.29, 1.82) is 0 Å². The first-order valence-electron chi connectivity index (χ1n) is 9.73. The Balaban J connectivity index is 2.33. The Morgan fingerprint density at radius 1 is 1.36 bits per heavy atom. The molecule has 1 fully saturated rings.